The number of hydrogen-bond acceptors (Lipinski definition) is 6. The molecule has 8 nitrogen and oxygen atoms in total. The molecule has 188 valence electrons. The Labute approximate surface area is 210 Å². The van der Waals surface area contributed by atoms with Crippen molar-refractivity contribution in [1.29, 1.82) is 0 Å². The third-order valence-electron chi connectivity index (χ3n) is 6.55. The van der Waals surface area contributed by atoms with Gasteiger partial charge in [-0.1, -0.05) is 43.2 Å². The highest BCUT2D eigenvalue weighted by Crippen LogP contribution is 2.27. The van der Waals surface area contributed by atoms with E-state index >= 15 is 0 Å². The van der Waals surface area contributed by atoms with Crippen molar-refractivity contribution in [3.63, 3.8) is 0 Å². The first-order valence-electron chi connectivity index (χ1n) is 12.5. The maximum absolute atomic E-state index is 13.6. The van der Waals surface area contributed by atoms with E-state index in [0.717, 1.165) is 49.8 Å². The van der Waals surface area contributed by atoms with Gasteiger partial charge in [-0.25, -0.2) is 4.98 Å². The molecular formula is C26H34N4O4S. The number of hydrogen-bond donors (Lipinski definition) is 2. The monoisotopic (exact) mass is 498 g/mol. The molecule has 1 aromatic carbocycles. The van der Waals surface area contributed by atoms with E-state index in [1.807, 2.05) is 42.6 Å². The molecule has 2 aliphatic rings. The average Bonchev–Trinajstić information content (AvgIpc) is 3.62. The van der Waals surface area contributed by atoms with E-state index in [1.165, 1.54) is 11.3 Å². The standard InChI is InChI=1S/C26H34N4O4S/c1-18-17-35-26(27-18)29-22(31)13-14-23(32)30(16-21-12-7-15-34-21)24(19-8-3-2-4-9-19)25(33)28-20-10-5-6-11-20/h2-4,8-9,17,20-21,24H,5-7,10-16H2,1H3,(H,28,33)(H,27,29,31). The minimum absolute atomic E-state index is 0.00293. The van der Waals surface area contributed by atoms with Gasteiger partial charge in [-0.3, -0.25) is 14.4 Å². The molecule has 4 rings (SSSR count). The number of benzene rings is 1. The lowest BCUT2D eigenvalue weighted by Crippen LogP contribution is -2.48. The molecule has 0 radical (unpaired) electrons. The fraction of sp³-hybridized carbons (Fsp3) is 0.538. The zero-order valence-electron chi connectivity index (χ0n) is 20.2. The summed E-state index contributed by atoms with van der Waals surface area (Å²) in [5, 5.41) is 8.31. The molecule has 2 N–H and O–H groups in total. The molecule has 3 amide bonds. The van der Waals surface area contributed by atoms with Gasteiger partial charge in [0.1, 0.15) is 6.04 Å². The molecule has 2 unspecified atom stereocenters. The predicted molar refractivity (Wildman–Crippen MR) is 135 cm³/mol. The van der Waals surface area contributed by atoms with Crippen LogP contribution in [0.5, 0.6) is 0 Å². The van der Waals surface area contributed by atoms with Gasteiger partial charge in [-0.2, -0.15) is 0 Å². The highest BCUT2D eigenvalue weighted by atomic mass is 32.1. The third kappa shape index (κ3) is 7.11. The van der Waals surface area contributed by atoms with Crippen molar-refractivity contribution in [2.45, 2.75) is 76.5 Å². The zero-order chi connectivity index (χ0) is 24.6. The van der Waals surface area contributed by atoms with E-state index in [2.05, 4.69) is 15.6 Å². The number of carbonyl (C=O) groups is 3. The Balaban J connectivity index is 1.50. The van der Waals surface area contributed by atoms with Crippen LogP contribution >= 0.6 is 11.3 Å². The van der Waals surface area contributed by atoms with Crippen molar-refractivity contribution in [3.8, 4) is 0 Å². The van der Waals surface area contributed by atoms with Crippen LogP contribution in [0.1, 0.15) is 68.7 Å². The fourth-order valence-electron chi connectivity index (χ4n) is 4.77. The summed E-state index contributed by atoms with van der Waals surface area (Å²) in [6.07, 6.45) is 5.82. The van der Waals surface area contributed by atoms with Crippen LogP contribution in [0.3, 0.4) is 0 Å². The number of anilines is 1. The Hall–Kier alpha value is -2.78. The SMILES string of the molecule is Cc1csc(NC(=O)CCC(=O)N(CC2CCCO2)C(C(=O)NC2CCCC2)c2ccccc2)n1. The van der Waals surface area contributed by atoms with Crippen molar-refractivity contribution in [2.75, 3.05) is 18.5 Å². The van der Waals surface area contributed by atoms with Gasteiger partial charge in [0.2, 0.25) is 17.7 Å². The molecule has 1 saturated heterocycles. The molecule has 1 aliphatic heterocycles. The second-order valence-electron chi connectivity index (χ2n) is 9.33. The smallest absolute Gasteiger partial charge is 0.247 e. The predicted octanol–water partition coefficient (Wildman–Crippen LogP) is 3.98. The molecule has 1 saturated carbocycles. The van der Waals surface area contributed by atoms with Gasteiger partial charge in [-0.15, -0.1) is 11.3 Å². The van der Waals surface area contributed by atoms with E-state index < -0.39 is 6.04 Å². The number of aromatic nitrogens is 1. The van der Waals surface area contributed by atoms with Crippen LogP contribution in [-0.4, -0.2) is 52.9 Å². The Morgan fingerprint density at radius 2 is 1.89 bits per heavy atom. The number of rotatable bonds is 10. The molecular weight excluding hydrogens is 464 g/mol. The molecule has 2 fully saturated rings. The maximum atomic E-state index is 13.6. The number of ether oxygens (including phenoxy) is 1. The number of amides is 3. The number of carbonyl (C=O) groups excluding carboxylic acids is 3. The highest BCUT2D eigenvalue weighted by Gasteiger charge is 2.35. The first kappa shape index (κ1) is 25.3. The Morgan fingerprint density at radius 3 is 2.54 bits per heavy atom. The second-order valence-corrected chi connectivity index (χ2v) is 10.2. The minimum Gasteiger partial charge on any atom is -0.376 e. The summed E-state index contributed by atoms with van der Waals surface area (Å²) >= 11 is 1.35. The first-order valence-corrected chi connectivity index (χ1v) is 13.4. The molecule has 0 spiro atoms. The summed E-state index contributed by atoms with van der Waals surface area (Å²) in [5.74, 6) is -0.671. The lowest BCUT2D eigenvalue weighted by molar-refractivity contribution is -0.143. The normalized spacial score (nSPS) is 18.8. The van der Waals surface area contributed by atoms with E-state index in [-0.39, 0.29) is 42.7 Å². The highest BCUT2D eigenvalue weighted by molar-refractivity contribution is 7.13. The number of nitrogens with zero attached hydrogens (tertiary/aromatic N) is 2. The van der Waals surface area contributed by atoms with Crippen molar-refractivity contribution in [3.05, 3.63) is 47.0 Å². The van der Waals surface area contributed by atoms with Crippen LogP contribution in [0.25, 0.3) is 0 Å². The Morgan fingerprint density at radius 1 is 1.11 bits per heavy atom. The van der Waals surface area contributed by atoms with Crippen molar-refractivity contribution >= 4 is 34.2 Å². The van der Waals surface area contributed by atoms with Crippen LogP contribution < -0.4 is 10.6 Å². The van der Waals surface area contributed by atoms with Crippen LogP contribution in [-0.2, 0) is 19.1 Å². The second kappa shape index (κ2) is 12.3. The van der Waals surface area contributed by atoms with Gasteiger partial charge in [0.25, 0.3) is 0 Å². The number of nitrogens with one attached hydrogen (secondary N) is 2. The summed E-state index contributed by atoms with van der Waals surface area (Å²) in [5.41, 5.74) is 1.60. The van der Waals surface area contributed by atoms with Gasteiger partial charge in [-0.05, 0) is 38.2 Å². The molecule has 2 heterocycles. The summed E-state index contributed by atoms with van der Waals surface area (Å²) in [6, 6.07) is 8.79. The van der Waals surface area contributed by atoms with Crippen LogP contribution in [0, 0.1) is 6.92 Å². The molecule has 9 heteroatoms. The van der Waals surface area contributed by atoms with Gasteiger partial charge < -0.3 is 20.3 Å². The van der Waals surface area contributed by atoms with Crippen molar-refractivity contribution in [2.24, 2.45) is 0 Å². The summed E-state index contributed by atoms with van der Waals surface area (Å²) in [7, 11) is 0. The number of thiazole rings is 1. The van der Waals surface area contributed by atoms with Crippen LogP contribution in [0.15, 0.2) is 35.7 Å². The number of aryl methyl sites for hydroxylation is 1. The molecule has 2 aromatic rings. The van der Waals surface area contributed by atoms with Gasteiger partial charge in [0.05, 0.1) is 11.8 Å². The Bertz CT molecular complexity index is 1000. The largest absolute Gasteiger partial charge is 0.376 e. The van der Waals surface area contributed by atoms with E-state index in [1.54, 1.807) is 4.90 Å². The van der Waals surface area contributed by atoms with Crippen molar-refractivity contribution in [1.82, 2.24) is 15.2 Å². The third-order valence-corrected chi connectivity index (χ3v) is 7.43. The maximum Gasteiger partial charge on any atom is 0.247 e. The van der Waals surface area contributed by atoms with Gasteiger partial charge in [0, 0.05) is 37.4 Å². The van der Waals surface area contributed by atoms with Crippen LogP contribution in [0.2, 0.25) is 0 Å². The summed E-state index contributed by atoms with van der Waals surface area (Å²) in [4.78, 5) is 45.5. The lowest BCUT2D eigenvalue weighted by atomic mass is 10.0. The molecule has 2 atom stereocenters. The van der Waals surface area contributed by atoms with Crippen molar-refractivity contribution < 1.29 is 19.1 Å². The van der Waals surface area contributed by atoms with Gasteiger partial charge in [0.15, 0.2) is 5.13 Å². The fourth-order valence-corrected chi connectivity index (χ4v) is 5.48. The van der Waals surface area contributed by atoms with Crippen LogP contribution in [0.4, 0.5) is 5.13 Å². The van der Waals surface area contributed by atoms with E-state index in [0.29, 0.717) is 18.3 Å². The minimum atomic E-state index is -0.766. The summed E-state index contributed by atoms with van der Waals surface area (Å²) in [6.45, 7) is 2.84. The molecule has 0 bridgehead atoms. The quantitative estimate of drug-likeness (QED) is 0.516. The van der Waals surface area contributed by atoms with Gasteiger partial charge >= 0.3 is 0 Å². The van der Waals surface area contributed by atoms with E-state index in [4.69, 9.17) is 4.74 Å². The van der Waals surface area contributed by atoms with E-state index in [9.17, 15) is 14.4 Å². The average molecular weight is 499 g/mol. The molecule has 1 aliphatic carbocycles. The summed E-state index contributed by atoms with van der Waals surface area (Å²) < 4.78 is 5.83. The molecule has 35 heavy (non-hydrogen) atoms. The molecule has 1 aromatic heterocycles. The lowest BCUT2D eigenvalue weighted by Gasteiger charge is -2.34. The Kier molecular flexibility index (Phi) is 8.87. The first-order chi connectivity index (χ1) is 17.0. The zero-order valence-corrected chi connectivity index (χ0v) is 21.0. The topological polar surface area (TPSA) is 101 Å².